The molecule has 1 aromatic heterocycles. The summed E-state index contributed by atoms with van der Waals surface area (Å²) >= 11 is 3.38. The largest absolute Gasteiger partial charge is 0.361 e. The maximum absolute atomic E-state index is 12.5. The van der Waals surface area contributed by atoms with Gasteiger partial charge in [0.25, 0.3) is 11.8 Å². The van der Waals surface area contributed by atoms with E-state index in [1.807, 2.05) is 29.2 Å². The predicted molar refractivity (Wildman–Crippen MR) is 91.8 cm³/mol. The lowest BCUT2D eigenvalue weighted by atomic mass is 10.0. The molecule has 1 saturated heterocycles. The number of benzene rings is 1. The number of carbonyl (C=O) groups is 2. The molecular weight excluding hydrogens is 374 g/mol. The molecule has 24 heavy (non-hydrogen) atoms. The van der Waals surface area contributed by atoms with Crippen molar-refractivity contribution in [2.75, 3.05) is 13.1 Å². The van der Waals surface area contributed by atoms with E-state index in [0.29, 0.717) is 30.1 Å². The van der Waals surface area contributed by atoms with E-state index >= 15 is 0 Å². The summed E-state index contributed by atoms with van der Waals surface area (Å²) in [6.45, 7) is 2.98. The third kappa shape index (κ3) is 3.84. The maximum Gasteiger partial charge on any atom is 0.273 e. The fourth-order valence-corrected chi connectivity index (χ4v) is 3.16. The summed E-state index contributed by atoms with van der Waals surface area (Å²) in [5.74, 6) is 0.395. The standard InChI is InChI=1S/C17H18BrN3O3/c1-11-9-15(20-24-11)16(22)19-14-5-7-21(8-6-14)17(23)12-3-2-4-13(18)10-12/h2-4,9-10,14H,5-8H2,1H3,(H,19,22). The van der Waals surface area contributed by atoms with Crippen LogP contribution in [0.15, 0.2) is 39.3 Å². The van der Waals surface area contributed by atoms with Gasteiger partial charge in [0.05, 0.1) is 0 Å². The third-order valence-electron chi connectivity index (χ3n) is 4.05. The van der Waals surface area contributed by atoms with Gasteiger partial charge in [-0.15, -0.1) is 0 Å². The molecule has 1 aliphatic heterocycles. The topological polar surface area (TPSA) is 75.4 Å². The van der Waals surface area contributed by atoms with E-state index in [9.17, 15) is 9.59 Å². The van der Waals surface area contributed by atoms with Crippen molar-refractivity contribution in [3.8, 4) is 0 Å². The number of aryl methyl sites for hydroxylation is 1. The Balaban J connectivity index is 1.54. The Morgan fingerprint density at radius 2 is 2.04 bits per heavy atom. The van der Waals surface area contributed by atoms with Crippen LogP contribution in [0.25, 0.3) is 0 Å². The number of piperidine rings is 1. The van der Waals surface area contributed by atoms with Crippen molar-refractivity contribution < 1.29 is 14.1 Å². The van der Waals surface area contributed by atoms with Gasteiger partial charge >= 0.3 is 0 Å². The van der Waals surface area contributed by atoms with E-state index in [2.05, 4.69) is 26.4 Å². The van der Waals surface area contributed by atoms with E-state index in [1.165, 1.54) is 0 Å². The summed E-state index contributed by atoms with van der Waals surface area (Å²) in [7, 11) is 0. The predicted octanol–water partition coefficient (Wildman–Crippen LogP) is 2.78. The van der Waals surface area contributed by atoms with Gasteiger partial charge in [0.15, 0.2) is 5.69 Å². The van der Waals surface area contributed by atoms with Crippen LogP contribution in [0, 0.1) is 6.92 Å². The number of likely N-dealkylation sites (tertiary alicyclic amines) is 1. The van der Waals surface area contributed by atoms with Crippen LogP contribution in [0.5, 0.6) is 0 Å². The first-order valence-corrected chi connectivity index (χ1v) is 8.61. The molecule has 0 atom stereocenters. The Morgan fingerprint density at radius 3 is 2.67 bits per heavy atom. The van der Waals surface area contributed by atoms with E-state index < -0.39 is 0 Å². The maximum atomic E-state index is 12.5. The van der Waals surface area contributed by atoms with Crippen LogP contribution in [0.2, 0.25) is 0 Å². The Morgan fingerprint density at radius 1 is 1.29 bits per heavy atom. The van der Waals surface area contributed by atoms with Crippen LogP contribution in [0.1, 0.15) is 39.4 Å². The van der Waals surface area contributed by atoms with Crippen molar-refractivity contribution in [3.63, 3.8) is 0 Å². The molecule has 1 aromatic carbocycles. The molecule has 2 aromatic rings. The van der Waals surface area contributed by atoms with Crippen molar-refractivity contribution in [2.45, 2.75) is 25.8 Å². The highest BCUT2D eigenvalue weighted by Gasteiger charge is 2.25. The van der Waals surface area contributed by atoms with E-state index in [1.54, 1.807) is 13.0 Å². The van der Waals surface area contributed by atoms with Crippen LogP contribution in [-0.4, -0.2) is 41.0 Å². The molecular formula is C17H18BrN3O3. The average Bonchev–Trinajstić information content (AvgIpc) is 3.01. The third-order valence-corrected chi connectivity index (χ3v) is 4.54. The molecule has 1 aliphatic rings. The van der Waals surface area contributed by atoms with E-state index in [0.717, 1.165) is 17.3 Å². The Bertz CT molecular complexity index is 751. The summed E-state index contributed by atoms with van der Waals surface area (Å²) < 4.78 is 5.80. The molecule has 2 amide bonds. The summed E-state index contributed by atoms with van der Waals surface area (Å²) in [5, 5.41) is 6.67. The molecule has 2 heterocycles. The number of halogens is 1. The Hall–Kier alpha value is -2.15. The second kappa shape index (κ2) is 7.17. The van der Waals surface area contributed by atoms with Crippen LogP contribution in [0.4, 0.5) is 0 Å². The minimum atomic E-state index is -0.233. The van der Waals surface area contributed by atoms with Crippen LogP contribution >= 0.6 is 15.9 Å². The average molecular weight is 392 g/mol. The van der Waals surface area contributed by atoms with Crippen molar-refractivity contribution >= 4 is 27.7 Å². The summed E-state index contributed by atoms with van der Waals surface area (Å²) in [6.07, 6.45) is 1.45. The first-order valence-electron chi connectivity index (χ1n) is 7.82. The number of amides is 2. The molecule has 0 unspecified atom stereocenters. The zero-order chi connectivity index (χ0) is 17.1. The zero-order valence-corrected chi connectivity index (χ0v) is 14.9. The normalized spacial score (nSPS) is 15.3. The fraction of sp³-hybridized carbons (Fsp3) is 0.353. The molecule has 3 rings (SSSR count). The van der Waals surface area contributed by atoms with E-state index in [-0.39, 0.29) is 17.9 Å². The molecule has 0 bridgehead atoms. The lowest BCUT2D eigenvalue weighted by molar-refractivity contribution is 0.0697. The van der Waals surface area contributed by atoms with Crippen LogP contribution in [0.3, 0.4) is 0 Å². The number of hydrogen-bond donors (Lipinski definition) is 1. The van der Waals surface area contributed by atoms with Crippen molar-refractivity contribution in [3.05, 3.63) is 51.8 Å². The summed E-state index contributed by atoms with van der Waals surface area (Å²) in [5.41, 5.74) is 0.963. The molecule has 0 saturated carbocycles. The van der Waals surface area contributed by atoms with Gasteiger partial charge in [0, 0.05) is 35.2 Å². The molecule has 0 aliphatic carbocycles. The molecule has 0 radical (unpaired) electrons. The molecule has 1 fully saturated rings. The smallest absolute Gasteiger partial charge is 0.273 e. The van der Waals surface area contributed by atoms with Crippen molar-refractivity contribution in [1.29, 1.82) is 0 Å². The lowest BCUT2D eigenvalue weighted by Gasteiger charge is -2.32. The number of rotatable bonds is 3. The second-order valence-electron chi connectivity index (χ2n) is 5.87. The SMILES string of the molecule is Cc1cc(C(=O)NC2CCN(C(=O)c3cccc(Br)c3)CC2)no1. The lowest BCUT2D eigenvalue weighted by Crippen LogP contribution is -2.46. The van der Waals surface area contributed by atoms with Gasteiger partial charge in [-0.2, -0.15) is 0 Å². The highest BCUT2D eigenvalue weighted by Crippen LogP contribution is 2.17. The van der Waals surface area contributed by atoms with Gasteiger partial charge < -0.3 is 14.7 Å². The van der Waals surface area contributed by atoms with Crippen LogP contribution in [-0.2, 0) is 0 Å². The second-order valence-corrected chi connectivity index (χ2v) is 6.79. The van der Waals surface area contributed by atoms with Gasteiger partial charge in [0.1, 0.15) is 5.76 Å². The fourth-order valence-electron chi connectivity index (χ4n) is 2.76. The van der Waals surface area contributed by atoms with Crippen molar-refractivity contribution in [2.24, 2.45) is 0 Å². The number of nitrogens with one attached hydrogen (secondary N) is 1. The molecule has 0 spiro atoms. The molecule has 6 nitrogen and oxygen atoms in total. The quantitative estimate of drug-likeness (QED) is 0.872. The monoisotopic (exact) mass is 391 g/mol. The zero-order valence-electron chi connectivity index (χ0n) is 13.3. The number of aromatic nitrogens is 1. The Kier molecular flexibility index (Phi) is 4.99. The number of carbonyl (C=O) groups excluding carboxylic acids is 2. The molecule has 126 valence electrons. The number of nitrogens with zero attached hydrogens (tertiary/aromatic N) is 2. The highest BCUT2D eigenvalue weighted by atomic mass is 79.9. The van der Waals surface area contributed by atoms with Crippen molar-refractivity contribution in [1.82, 2.24) is 15.4 Å². The summed E-state index contributed by atoms with van der Waals surface area (Å²) in [6, 6.07) is 9.04. The van der Waals surface area contributed by atoms with Gasteiger partial charge in [-0.05, 0) is 38.0 Å². The first kappa shape index (κ1) is 16.7. The Labute approximate surface area is 148 Å². The van der Waals surface area contributed by atoms with Gasteiger partial charge in [-0.25, -0.2) is 0 Å². The number of hydrogen-bond acceptors (Lipinski definition) is 4. The van der Waals surface area contributed by atoms with Gasteiger partial charge in [-0.1, -0.05) is 27.2 Å². The summed E-state index contributed by atoms with van der Waals surface area (Å²) in [4.78, 5) is 26.4. The first-order chi connectivity index (χ1) is 11.5. The van der Waals surface area contributed by atoms with Crippen LogP contribution < -0.4 is 5.32 Å². The minimum Gasteiger partial charge on any atom is -0.361 e. The minimum absolute atomic E-state index is 0.0215. The van der Waals surface area contributed by atoms with Gasteiger partial charge in [0.2, 0.25) is 0 Å². The molecule has 7 heteroatoms. The molecule has 1 N–H and O–H groups in total. The van der Waals surface area contributed by atoms with E-state index in [4.69, 9.17) is 4.52 Å². The van der Waals surface area contributed by atoms with Gasteiger partial charge in [-0.3, -0.25) is 9.59 Å². The highest BCUT2D eigenvalue weighted by molar-refractivity contribution is 9.10.